The van der Waals surface area contributed by atoms with Gasteiger partial charge in [-0.15, -0.1) is 0 Å². The third kappa shape index (κ3) is 5.59. The third-order valence-corrected chi connectivity index (χ3v) is 5.78. The van der Waals surface area contributed by atoms with E-state index < -0.39 is 23.2 Å². The van der Waals surface area contributed by atoms with E-state index in [1.165, 1.54) is 6.07 Å². The number of halogens is 2. The Morgan fingerprint density at radius 1 is 1.19 bits per heavy atom. The van der Waals surface area contributed by atoms with E-state index in [4.69, 9.17) is 10.00 Å². The molecule has 5 nitrogen and oxygen atoms in total. The molecule has 0 aliphatic carbocycles. The Hall–Kier alpha value is -2.98. The van der Waals surface area contributed by atoms with E-state index in [0.717, 1.165) is 43.6 Å². The maximum Gasteiger partial charge on any atom is 0.224 e. The molecule has 0 spiro atoms. The molecule has 0 radical (unpaired) electrons. The Morgan fingerprint density at radius 2 is 1.94 bits per heavy atom. The minimum absolute atomic E-state index is 0.0715. The Bertz CT molecular complexity index is 966. The summed E-state index contributed by atoms with van der Waals surface area (Å²) < 4.78 is 32.8. The van der Waals surface area contributed by atoms with Crippen molar-refractivity contribution in [2.75, 3.05) is 19.7 Å². The monoisotopic (exact) mass is 427 g/mol. The van der Waals surface area contributed by atoms with Crippen LogP contribution >= 0.6 is 0 Å². The van der Waals surface area contributed by atoms with Gasteiger partial charge in [0.15, 0.2) is 18.2 Å². The molecular weight excluding hydrogens is 400 g/mol. The molecule has 164 valence electrons. The maximum atomic E-state index is 14.0. The first-order valence-corrected chi connectivity index (χ1v) is 10.4. The number of nitrogens with one attached hydrogen (secondary N) is 1. The van der Waals surface area contributed by atoms with E-state index in [2.05, 4.69) is 10.2 Å². The smallest absolute Gasteiger partial charge is 0.224 e. The third-order valence-electron chi connectivity index (χ3n) is 5.78. The lowest BCUT2D eigenvalue weighted by molar-refractivity contribution is -0.122. The number of ether oxygens (including phenoxy) is 1. The Kier molecular flexibility index (Phi) is 7.24. The Labute approximate surface area is 181 Å². The molecule has 1 amide bonds. The molecule has 1 fully saturated rings. The lowest BCUT2D eigenvalue weighted by atomic mass is 9.86. The molecule has 2 aromatic rings. The van der Waals surface area contributed by atoms with Crippen LogP contribution in [0.15, 0.2) is 42.5 Å². The highest BCUT2D eigenvalue weighted by molar-refractivity contribution is 5.79. The van der Waals surface area contributed by atoms with Gasteiger partial charge in [0, 0.05) is 5.54 Å². The fourth-order valence-electron chi connectivity index (χ4n) is 4.09. The average Bonchev–Trinajstić information content (AvgIpc) is 3.29. The van der Waals surface area contributed by atoms with Crippen molar-refractivity contribution in [1.29, 1.82) is 5.26 Å². The second-order valence-electron chi connectivity index (χ2n) is 8.29. The zero-order valence-corrected chi connectivity index (χ0v) is 17.8. The number of carbonyl (C=O) groups excluding carboxylic acids is 1. The van der Waals surface area contributed by atoms with Gasteiger partial charge in [0.2, 0.25) is 5.91 Å². The van der Waals surface area contributed by atoms with Crippen LogP contribution in [0.4, 0.5) is 8.78 Å². The van der Waals surface area contributed by atoms with Crippen molar-refractivity contribution >= 4 is 5.91 Å². The molecule has 1 heterocycles. The molecule has 31 heavy (non-hydrogen) atoms. The lowest BCUT2D eigenvalue weighted by Gasteiger charge is -2.42. The number of carbonyl (C=O) groups is 1. The van der Waals surface area contributed by atoms with Gasteiger partial charge >= 0.3 is 0 Å². The van der Waals surface area contributed by atoms with E-state index in [0.29, 0.717) is 11.3 Å². The van der Waals surface area contributed by atoms with Gasteiger partial charge in [-0.1, -0.05) is 18.2 Å². The van der Waals surface area contributed by atoms with Crippen LogP contribution in [-0.2, 0) is 11.2 Å². The van der Waals surface area contributed by atoms with Gasteiger partial charge < -0.3 is 10.1 Å². The molecule has 0 aromatic heterocycles. The van der Waals surface area contributed by atoms with Crippen LogP contribution in [0.2, 0.25) is 0 Å². The minimum atomic E-state index is -0.934. The van der Waals surface area contributed by atoms with Gasteiger partial charge in [0.1, 0.15) is 11.8 Å². The summed E-state index contributed by atoms with van der Waals surface area (Å²) >= 11 is 0. The van der Waals surface area contributed by atoms with Crippen LogP contribution in [0.25, 0.3) is 0 Å². The number of benzene rings is 2. The first-order chi connectivity index (χ1) is 14.8. The number of rotatable bonds is 8. The predicted octanol–water partition coefficient (Wildman–Crippen LogP) is 4.14. The van der Waals surface area contributed by atoms with E-state index in [1.54, 1.807) is 24.3 Å². The fourth-order valence-corrected chi connectivity index (χ4v) is 4.09. The Morgan fingerprint density at radius 3 is 2.61 bits per heavy atom. The van der Waals surface area contributed by atoms with Crippen molar-refractivity contribution in [2.24, 2.45) is 0 Å². The zero-order chi connectivity index (χ0) is 22.4. The molecule has 1 aliphatic rings. The first kappa shape index (κ1) is 22.7. The van der Waals surface area contributed by atoms with Crippen LogP contribution in [0.5, 0.6) is 5.75 Å². The van der Waals surface area contributed by atoms with Crippen molar-refractivity contribution in [3.63, 3.8) is 0 Å². The van der Waals surface area contributed by atoms with Gasteiger partial charge in [-0.2, -0.15) is 5.26 Å². The van der Waals surface area contributed by atoms with Crippen molar-refractivity contribution < 1.29 is 18.3 Å². The van der Waals surface area contributed by atoms with E-state index in [1.807, 2.05) is 19.9 Å². The number of nitriles is 1. The van der Waals surface area contributed by atoms with Gasteiger partial charge in [-0.25, -0.2) is 8.78 Å². The Balaban J connectivity index is 1.82. The summed E-state index contributed by atoms with van der Waals surface area (Å²) in [6, 6.07) is 12.2. The topological polar surface area (TPSA) is 65.4 Å². The van der Waals surface area contributed by atoms with Crippen molar-refractivity contribution in [3.8, 4) is 11.8 Å². The number of nitrogens with zero attached hydrogens (tertiary/aromatic N) is 2. The summed E-state index contributed by atoms with van der Waals surface area (Å²) in [4.78, 5) is 15.2. The standard InChI is InChI=1S/C24H27F2N3O2/c1-24(2,29-11-3-4-12-29)23(18-8-9-20(25)21(26)16-18)28-22(30)15-17-6-5-7-19(14-17)31-13-10-27/h5-9,14,16,23H,3-4,11-13,15H2,1-2H3,(H,28,30). The molecule has 2 aromatic carbocycles. The summed E-state index contributed by atoms with van der Waals surface area (Å²) in [6.45, 7) is 5.74. The normalized spacial score (nSPS) is 15.3. The van der Waals surface area contributed by atoms with Gasteiger partial charge in [0.05, 0.1) is 12.5 Å². The highest BCUT2D eigenvalue weighted by Crippen LogP contribution is 2.34. The van der Waals surface area contributed by atoms with Gasteiger partial charge in [-0.05, 0) is 75.2 Å². The summed E-state index contributed by atoms with van der Waals surface area (Å²) in [7, 11) is 0. The average molecular weight is 427 g/mol. The second kappa shape index (κ2) is 9.88. The van der Waals surface area contributed by atoms with Crippen LogP contribution in [0.3, 0.4) is 0 Å². The summed E-state index contributed by atoms with van der Waals surface area (Å²) in [5.41, 5.74) is 0.764. The highest BCUT2D eigenvalue weighted by atomic mass is 19.2. The number of likely N-dealkylation sites (tertiary alicyclic amines) is 1. The van der Waals surface area contributed by atoms with Crippen molar-refractivity contribution in [1.82, 2.24) is 10.2 Å². The van der Waals surface area contributed by atoms with Crippen LogP contribution < -0.4 is 10.1 Å². The molecule has 3 rings (SSSR count). The van der Waals surface area contributed by atoms with Crippen LogP contribution in [0, 0.1) is 23.0 Å². The first-order valence-electron chi connectivity index (χ1n) is 10.4. The molecule has 1 unspecified atom stereocenters. The summed E-state index contributed by atoms with van der Waals surface area (Å²) in [6.07, 6.45) is 2.23. The van der Waals surface area contributed by atoms with Crippen LogP contribution in [-0.4, -0.2) is 36.0 Å². The number of amides is 1. The molecule has 1 N–H and O–H groups in total. The second-order valence-corrected chi connectivity index (χ2v) is 8.29. The largest absolute Gasteiger partial charge is 0.479 e. The molecule has 1 saturated heterocycles. The number of hydrogen-bond acceptors (Lipinski definition) is 4. The minimum Gasteiger partial charge on any atom is -0.479 e. The molecule has 1 aliphatic heterocycles. The van der Waals surface area contributed by atoms with Gasteiger partial charge in [0.25, 0.3) is 0 Å². The van der Waals surface area contributed by atoms with Gasteiger partial charge in [-0.3, -0.25) is 9.69 Å². The van der Waals surface area contributed by atoms with Crippen LogP contribution in [0.1, 0.15) is 43.9 Å². The van der Waals surface area contributed by atoms with E-state index >= 15 is 0 Å². The van der Waals surface area contributed by atoms with E-state index in [-0.39, 0.29) is 18.9 Å². The molecule has 0 bridgehead atoms. The zero-order valence-electron chi connectivity index (χ0n) is 17.8. The molecular formula is C24H27F2N3O2. The number of hydrogen-bond donors (Lipinski definition) is 1. The lowest BCUT2D eigenvalue weighted by Crippen LogP contribution is -2.53. The van der Waals surface area contributed by atoms with E-state index in [9.17, 15) is 13.6 Å². The van der Waals surface area contributed by atoms with Crippen molar-refractivity contribution in [2.45, 2.75) is 44.7 Å². The maximum absolute atomic E-state index is 14.0. The SMILES string of the molecule is CC(C)(C(NC(=O)Cc1cccc(OCC#N)c1)c1ccc(F)c(F)c1)N1CCCC1. The van der Waals surface area contributed by atoms with Crippen molar-refractivity contribution in [3.05, 3.63) is 65.2 Å². The predicted molar refractivity (Wildman–Crippen MR) is 113 cm³/mol. The highest BCUT2D eigenvalue weighted by Gasteiger charge is 2.38. The molecule has 7 heteroatoms. The quantitative estimate of drug-likeness (QED) is 0.688. The molecule has 1 atom stereocenters. The summed E-state index contributed by atoms with van der Waals surface area (Å²) in [5, 5.41) is 11.7. The summed E-state index contributed by atoms with van der Waals surface area (Å²) in [5.74, 6) is -1.57. The molecule has 0 saturated carbocycles. The fraction of sp³-hybridized carbons (Fsp3) is 0.417.